The predicted molar refractivity (Wildman–Crippen MR) is 43.1 cm³/mol. The summed E-state index contributed by atoms with van der Waals surface area (Å²) in [6, 6.07) is 0. The minimum atomic E-state index is -2.09. The van der Waals surface area contributed by atoms with Crippen LogP contribution in [-0.2, 0) is 4.79 Å². The van der Waals surface area contributed by atoms with Gasteiger partial charge in [0.15, 0.2) is 6.10 Å². The molecule has 0 fully saturated rings. The molecule has 1 radical (unpaired) electrons. The van der Waals surface area contributed by atoms with E-state index in [9.17, 15) is 4.79 Å². The normalized spacial score (nSPS) is 19.5. The summed E-state index contributed by atoms with van der Waals surface area (Å²) in [5, 5.41) is 43.4. The van der Waals surface area contributed by atoms with Gasteiger partial charge >= 0.3 is 5.97 Å². The molecule has 0 aliphatic rings. The molecule has 6 nitrogen and oxygen atoms in total. The first kappa shape index (κ1) is 15.8. The van der Waals surface area contributed by atoms with Crippen molar-refractivity contribution in [1.82, 2.24) is 0 Å². The summed E-state index contributed by atoms with van der Waals surface area (Å²) in [6.45, 7) is 1.17. The number of hydrogen-bond donors (Lipinski definition) is 5. The molecule has 73 valence electrons. The molecule has 0 aliphatic heterocycles. The van der Waals surface area contributed by atoms with Crippen LogP contribution >= 0.6 is 0 Å². The fourth-order valence-corrected chi connectivity index (χ4v) is 0.618. The predicted octanol–water partition coefficient (Wildman–Crippen LogP) is -2.85. The van der Waals surface area contributed by atoms with Gasteiger partial charge in [-0.2, -0.15) is 0 Å². The summed E-state index contributed by atoms with van der Waals surface area (Å²) in [7, 11) is 0. The number of aliphatic hydroxyl groups excluding tert-OH is 4. The van der Waals surface area contributed by atoms with Gasteiger partial charge in [-0.3, -0.25) is 0 Å². The second-order valence-corrected chi connectivity index (χ2v) is 2.50. The standard InChI is InChI=1S/C6H12O6.Na/c1-2(7)3(8)4(9)5(10)6(11)12;/h2-5,7-10H,1H3,(H,11,12);/t2-,3-,4+,5+;/m0./s1. The zero-order chi connectivity index (χ0) is 9.89. The van der Waals surface area contributed by atoms with E-state index in [0.29, 0.717) is 0 Å². The van der Waals surface area contributed by atoms with Crippen molar-refractivity contribution in [2.45, 2.75) is 31.3 Å². The number of rotatable bonds is 4. The summed E-state index contributed by atoms with van der Waals surface area (Å²) < 4.78 is 0. The van der Waals surface area contributed by atoms with E-state index in [0.717, 1.165) is 0 Å². The van der Waals surface area contributed by atoms with Gasteiger partial charge in [0.25, 0.3) is 0 Å². The van der Waals surface area contributed by atoms with Crippen molar-refractivity contribution in [2.75, 3.05) is 0 Å². The second-order valence-electron chi connectivity index (χ2n) is 2.50. The van der Waals surface area contributed by atoms with Crippen molar-refractivity contribution in [3.63, 3.8) is 0 Å². The Kier molecular flexibility index (Phi) is 8.15. The molecule has 4 atom stereocenters. The van der Waals surface area contributed by atoms with Crippen LogP contribution in [0.5, 0.6) is 0 Å². The molecule has 0 aliphatic carbocycles. The van der Waals surface area contributed by atoms with Gasteiger partial charge in [-0.25, -0.2) is 4.79 Å². The molecule has 13 heavy (non-hydrogen) atoms. The molecule has 0 saturated carbocycles. The zero-order valence-corrected chi connectivity index (χ0v) is 9.45. The molecule has 0 heterocycles. The van der Waals surface area contributed by atoms with Crippen LogP contribution in [0.2, 0.25) is 0 Å². The van der Waals surface area contributed by atoms with E-state index in [-0.39, 0.29) is 29.6 Å². The largest absolute Gasteiger partial charge is 0.479 e. The van der Waals surface area contributed by atoms with E-state index in [4.69, 9.17) is 25.5 Å². The number of carbonyl (C=O) groups is 1. The Morgan fingerprint density at radius 2 is 1.46 bits per heavy atom. The molecule has 5 N–H and O–H groups in total. The van der Waals surface area contributed by atoms with Crippen molar-refractivity contribution < 1.29 is 30.3 Å². The zero-order valence-electron chi connectivity index (χ0n) is 7.45. The van der Waals surface area contributed by atoms with Gasteiger partial charge in [0, 0.05) is 29.6 Å². The van der Waals surface area contributed by atoms with Crippen LogP contribution < -0.4 is 0 Å². The van der Waals surface area contributed by atoms with Crippen LogP contribution in [0.1, 0.15) is 6.92 Å². The minimum absolute atomic E-state index is 0. The van der Waals surface area contributed by atoms with E-state index in [1.807, 2.05) is 0 Å². The summed E-state index contributed by atoms with van der Waals surface area (Å²) in [4.78, 5) is 10.1. The molecule has 0 rings (SSSR count). The van der Waals surface area contributed by atoms with Gasteiger partial charge in [0.1, 0.15) is 12.2 Å². The maximum absolute atomic E-state index is 10.1. The molecule has 0 aromatic rings. The molecular weight excluding hydrogens is 191 g/mol. The molecule has 0 spiro atoms. The van der Waals surface area contributed by atoms with Crippen LogP contribution in [0.15, 0.2) is 0 Å². The van der Waals surface area contributed by atoms with Gasteiger partial charge in [-0.1, -0.05) is 0 Å². The van der Waals surface area contributed by atoms with Crippen LogP contribution in [-0.4, -0.2) is 85.5 Å². The molecule has 0 aromatic carbocycles. The fraction of sp³-hybridized carbons (Fsp3) is 0.833. The van der Waals surface area contributed by atoms with Gasteiger partial charge in [-0.15, -0.1) is 0 Å². The van der Waals surface area contributed by atoms with Crippen molar-refractivity contribution >= 4 is 35.5 Å². The summed E-state index contributed by atoms with van der Waals surface area (Å²) in [6.07, 6.45) is -6.94. The first-order chi connectivity index (χ1) is 5.37. The third kappa shape index (κ3) is 4.92. The Labute approximate surface area is 97.1 Å². The average molecular weight is 203 g/mol. The van der Waals surface area contributed by atoms with Crippen molar-refractivity contribution in [3.8, 4) is 0 Å². The molecule has 0 unspecified atom stereocenters. The minimum Gasteiger partial charge on any atom is -0.479 e. The van der Waals surface area contributed by atoms with Gasteiger partial charge in [0.05, 0.1) is 6.10 Å². The Bertz CT molecular complexity index is 161. The summed E-state index contributed by atoms with van der Waals surface area (Å²) in [5.41, 5.74) is 0. The molecule has 0 amide bonds. The van der Waals surface area contributed by atoms with E-state index in [2.05, 4.69) is 0 Å². The Hall–Kier alpha value is 0.310. The second kappa shape index (κ2) is 6.72. The Morgan fingerprint density at radius 1 is 1.08 bits per heavy atom. The number of hydrogen-bond acceptors (Lipinski definition) is 5. The van der Waals surface area contributed by atoms with Crippen LogP contribution in [0.25, 0.3) is 0 Å². The smallest absolute Gasteiger partial charge is 0.335 e. The van der Waals surface area contributed by atoms with E-state index in [1.54, 1.807) is 0 Å². The fourth-order valence-electron chi connectivity index (χ4n) is 0.618. The molecule has 0 saturated heterocycles. The van der Waals surface area contributed by atoms with Crippen LogP contribution in [0.4, 0.5) is 0 Å². The van der Waals surface area contributed by atoms with Crippen molar-refractivity contribution in [3.05, 3.63) is 0 Å². The summed E-state index contributed by atoms with van der Waals surface area (Å²) in [5.74, 6) is -1.65. The van der Waals surface area contributed by atoms with Gasteiger partial charge in [0.2, 0.25) is 0 Å². The van der Waals surface area contributed by atoms with Crippen molar-refractivity contribution in [1.29, 1.82) is 0 Å². The third-order valence-electron chi connectivity index (χ3n) is 1.42. The average Bonchev–Trinajstić information content (AvgIpc) is 2.00. The van der Waals surface area contributed by atoms with E-state index < -0.39 is 30.4 Å². The first-order valence-electron chi connectivity index (χ1n) is 3.33. The third-order valence-corrected chi connectivity index (χ3v) is 1.42. The van der Waals surface area contributed by atoms with Crippen molar-refractivity contribution in [2.24, 2.45) is 0 Å². The van der Waals surface area contributed by atoms with E-state index in [1.165, 1.54) is 6.92 Å². The monoisotopic (exact) mass is 203 g/mol. The number of carboxylic acids is 1. The number of aliphatic hydroxyl groups is 4. The molecule has 0 bridgehead atoms. The maximum atomic E-state index is 10.1. The van der Waals surface area contributed by atoms with E-state index >= 15 is 0 Å². The van der Waals surface area contributed by atoms with Gasteiger partial charge < -0.3 is 25.5 Å². The first-order valence-corrected chi connectivity index (χ1v) is 3.33. The summed E-state index contributed by atoms with van der Waals surface area (Å²) >= 11 is 0. The Balaban J connectivity index is 0. The maximum Gasteiger partial charge on any atom is 0.335 e. The Morgan fingerprint density at radius 3 is 1.69 bits per heavy atom. The van der Waals surface area contributed by atoms with Crippen LogP contribution in [0, 0.1) is 0 Å². The molecule has 0 aromatic heterocycles. The SMILES string of the molecule is C[C@H](O)[C@H](O)[C@@H](O)[C@@H](O)C(=O)O.[Na]. The molecular formula is C6H12NaO6. The number of aliphatic carboxylic acids is 1. The topological polar surface area (TPSA) is 118 Å². The van der Waals surface area contributed by atoms with Crippen LogP contribution in [0.3, 0.4) is 0 Å². The quantitative estimate of drug-likeness (QED) is 0.314. The molecule has 7 heteroatoms. The van der Waals surface area contributed by atoms with Gasteiger partial charge in [-0.05, 0) is 6.92 Å². The number of carboxylic acid groups (broad SMARTS) is 1.